The quantitative estimate of drug-likeness (QED) is 0.610. The minimum atomic E-state index is -0.544. The summed E-state index contributed by atoms with van der Waals surface area (Å²) < 4.78 is 0. The normalized spacial score (nSPS) is 41.5. The number of rotatable bonds is 4. The van der Waals surface area contributed by atoms with Crippen LogP contribution in [-0.2, 0) is 0 Å². The van der Waals surface area contributed by atoms with E-state index < -0.39 is 9.87 Å². The molecule has 0 heterocycles. The number of hydrogen-bond acceptors (Lipinski definition) is 2. The van der Waals surface area contributed by atoms with Crippen molar-refractivity contribution < 1.29 is 0 Å². The second-order valence-corrected chi connectivity index (χ2v) is 7.49. The van der Waals surface area contributed by atoms with Crippen LogP contribution in [0, 0.1) is 5.41 Å². The van der Waals surface area contributed by atoms with Crippen LogP contribution in [0.1, 0.15) is 47.5 Å². The van der Waals surface area contributed by atoms with Gasteiger partial charge in [-0.3, -0.25) is 5.32 Å². The molecule has 0 saturated heterocycles. The third-order valence-corrected chi connectivity index (χ3v) is 5.16. The molecule has 1 fully saturated rings. The monoisotopic (exact) mass is 280 g/mol. The van der Waals surface area contributed by atoms with Gasteiger partial charge >= 0.3 is 0 Å². The number of hydrogen-bond donors (Lipinski definition) is 2. The average molecular weight is 281 g/mol. The van der Waals surface area contributed by atoms with Gasteiger partial charge in [0.1, 0.15) is 5.00 Å². The maximum Gasteiger partial charge on any atom is 0.115 e. The molecule has 0 amide bonds. The minimum Gasteiger partial charge on any atom is -0.312 e. The molecule has 0 aromatic heterocycles. The lowest BCUT2D eigenvalue weighted by Crippen LogP contribution is -2.68. The largest absolute Gasteiger partial charge is 0.312 e. The van der Waals surface area contributed by atoms with E-state index in [1.165, 1.54) is 0 Å². The van der Waals surface area contributed by atoms with Crippen molar-refractivity contribution in [3.05, 3.63) is 0 Å². The van der Waals surface area contributed by atoms with Crippen LogP contribution < -0.4 is 10.6 Å². The third kappa shape index (κ3) is 3.09. The molecule has 1 aliphatic carbocycles. The van der Waals surface area contributed by atoms with E-state index >= 15 is 0 Å². The van der Waals surface area contributed by atoms with E-state index in [9.17, 15) is 0 Å². The van der Waals surface area contributed by atoms with Gasteiger partial charge in [-0.2, -0.15) is 0 Å². The molecular formula is C13H26Cl2N2. The maximum atomic E-state index is 6.80. The first-order chi connectivity index (χ1) is 7.68. The summed E-state index contributed by atoms with van der Waals surface area (Å²) in [5, 5.41) is 6.88. The zero-order valence-corrected chi connectivity index (χ0v) is 13.2. The Morgan fingerprint density at radius 2 is 1.71 bits per heavy atom. The smallest absolute Gasteiger partial charge is 0.115 e. The van der Waals surface area contributed by atoms with Gasteiger partial charge in [0, 0.05) is 6.04 Å². The summed E-state index contributed by atoms with van der Waals surface area (Å²) >= 11 is 13.6. The molecule has 2 N–H and O–H groups in total. The zero-order valence-electron chi connectivity index (χ0n) is 11.7. The molecule has 0 aromatic carbocycles. The molecule has 17 heavy (non-hydrogen) atoms. The predicted octanol–water partition coefficient (Wildman–Crippen LogP) is 3.33. The Morgan fingerprint density at radius 1 is 1.12 bits per heavy atom. The van der Waals surface area contributed by atoms with E-state index in [1.807, 2.05) is 6.92 Å². The van der Waals surface area contributed by atoms with Crippen LogP contribution in [0.25, 0.3) is 0 Å². The molecule has 0 bridgehead atoms. The molecule has 1 aliphatic rings. The standard InChI is InChI=1S/C13H26Cl2N2/c1-6-16-10-8-11(3,4)9-13(15,17-7-2)12(10,5)14/h10,16-17H,6-9H2,1-5H3. The molecule has 0 radical (unpaired) electrons. The number of nitrogens with one attached hydrogen (secondary N) is 2. The van der Waals surface area contributed by atoms with E-state index in [4.69, 9.17) is 23.2 Å². The van der Waals surface area contributed by atoms with Gasteiger partial charge < -0.3 is 5.32 Å². The lowest BCUT2D eigenvalue weighted by molar-refractivity contribution is 0.104. The Kier molecular flexibility index (Phi) is 4.80. The van der Waals surface area contributed by atoms with Gasteiger partial charge in [0.05, 0.1) is 4.87 Å². The lowest BCUT2D eigenvalue weighted by Gasteiger charge is -2.54. The highest BCUT2D eigenvalue weighted by molar-refractivity contribution is 6.35. The minimum absolute atomic E-state index is 0.200. The van der Waals surface area contributed by atoms with Crippen molar-refractivity contribution in [2.75, 3.05) is 13.1 Å². The molecule has 1 rings (SSSR count). The van der Waals surface area contributed by atoms with Crippen molar-refractivity contribution in [3.63, 3.8) is 0 Å². The Morgan fingerprint density at radius 3 is 2.18 bits per heavy atom. The molecular weight excluding hydrogens is 255 g/mol. The summed E-state index contributed by atoms with van der Waals surface area (Å²) in [6.45, 7) is 12.5. The lowest BCUT2D eigenvalue weighted by atomic mass is 9.67. The first-order valence-corrected chi connectivity index (χ1v) is 7.30. The summed E-state index contributed by atoms with van der Waals surface area (Å²) in [5.74, 6) is 0. The third-order valence-electron chi connectivity index (χ3n) is 3.82. The first kappa shape index (κ1) is 15.6. The van der Waals surface area contributed by atoms with Crippen molar-refractivity contribution in [2.24, 2.45) is 5.41 Å². The molecule has 0 aliphatic heterocycles. The van der Waals surface area contributed by atoms with E-state index in [0.29, 0.717) is 0 Å². The zero-order chi connectivity index (χ0) is 13.3. The van der Waals surface area contributed by atoms with Gasteiger partial charge in [0.25, 0.3) is 0 Å². The van der Waals surface area contributed by atoms with E-state index in [-0.39, 0.29) is 11.5 Å². The van der Waals surface area contributed by atoms with Crippen LogP contribution in [0.4, 0.5) is 0 Å². The van der Waals surface area contributed by atoms with Gasteiger partial charge in [-0.15, -0.1) is 23.2 Å². The van der Waals surface area contributed by atoms with Crippen molar-refractivity contribution in [2.45, 2.75) is 63.4 Å². The van der Waals surface area contributed by atoms with Crippen LogP contribution in [0.15, 0.2) is 0 Å². The highest BCUT2D eigenvalue weighted by atomic mass is 35.5. The van der Waals surface area contributed by atoms with E-state index in [1.54, 1.807) is 0 Å². The highest BCUT2D eigenvalue weighted by Gasteiger charge is 2.57. The summed E-state index contributed by atoms with van der Waals surface area (Å²) in [5.41, 5.74) is 0.200. The van der Waals surface area contributed by atoms with E-state index in [2.05, 4.69) is 38.3 Å². The van der Waals surface area contributed by atoms with Gasteiger partial charge in [0.2, 0.25) is 0 Å². The second-order valence-electron chi connectivity index (χ2n) is 6.06. The number of halogens is 2. The maximum absolute atomic E-state index is 6.80. The Labute approximate surface area is 116 Å². The molecule has 2 nitrogen and oxygen atoms in total. The number of alkyl halides is 2. The van der Waals surface area contributed by atoms with Crippen LogP contribution in [0.3, 0.4) is 0 Å². The highest BCUT2D eigenvalue weighted by Crippen LogP contribution is 2.51. The van der Waals surface area contributed by atoms with Gasteiger partial charge in [0.15, 0.2) is 0 Å². The van der Waals surface area contributed by atoms with Gasteiger partial charge in [-0.05, 0) is 38.3 Å². The fourth-order valence-electron chi connectivity index (χ4n) is 2.95. The van der Waals surface area contributed by atoms with Crippen LogP contribution in [0.2, 0.25) is 0 Å². The molecule has 102 valence electrons. The molecule has 3 atom stereocenters. The molecule has 0 aromatic rings. The summed E-state index contributed by atoms with van der Waals surface area (Å²) in [6, 6.07) is 0.231. The summed E-state index contributed by atoms with van der Waals surface area (Å²) in [4.78, 5) is -1.02. The topological polar surface area (TPSA) is 24.1 Å². The second kappa shape index (κ2) is 5.24. The molecule has 3 unspecified atom stereocenters. The Bertz CT molecular complexity index is 266. The van der Waals surface area contributed by atoms with Crippen LogP contribution >= 0.6 is 23.2 Å². The predicted molar refractivity (Wildman–Crippen MR) is 77.0 cm³/mol. The van der Waals surface area contributed by atoms with Crippen LogP contribution in [-0.4, -0.2) is 29.0 Å². The van der Waals surface area contributed by atoms with Crippen molar-refractivity contribution in [1.82, 2.24) is 10.6 Å². The summed E-state index contributed by atoms with van der Waals surface area (Å²) in [7, 11) is 0. The van der Waals surface area contributed by atoms with Crippen molar-refractivity contribution in [3.8, 4) is 0 Å². The van der Waals surface area contributed by atoms with Crippen molar-refractivity contribution in [1.29, 1.82) is 0 Å². The first-order valence-electron chi connectivity index (χ1n) is 6.55. The fourth-order valence-corrected chi connectivity index (χ4v) is 3.87. The summed E-state index contributed by atoms with van der Waals surface area (Å²) in [6.07, 6.45) is 1.94. The fraction of sp³-hybridized carbons (Fsp3) is 1.00. The molecule has 4 heteroatoms. The van der Waals surface area contributed by atoms with Gasteiger partial charge in [-0.1, -0.05) is 27.7 Å². The van der Waals surface area contributed by atoms with E-state index in [0.717, 1.165) is 25.9 Å². The Hall–Kier alpha value is 0.500. The molecule has 1 saturated carbocycles. The van der Waals surface area contributed by atoms with Crippen LogP contribution in [0.5, 0.6) is 0 Å². The Balaban J connectivity index is 3.02. The van der Waals surface area contributed by atoms with Gasteiger partial charge in [-0.25, -0.2) is 0 Å². The SMILES string of the molecule is CCNC1CC(C)(C)CC(Cl)(NCC)C1(C)Cl. The molecule has 0 spiro atoms. The van der Waals surface area contributed by atoms with Crippen molar-refractivity contribution >= 4 is 23.2 Å². The average Bonchev–Trinajstić information content (AvgIpc) is 2.14.